The Balaban J connectivity index is 2.55. The average Bonchev–Trinajstić information content (AvgIpc) is 2.44. The molecule has 0 spiro atoms. The fourth-order valence-corrected chi connectivity index (χ4v) is 2.73. The third kappa shape index (κ3) is 7.32. The molecule has 0 saturated carbocycles. The maximum Gasteiger partial charge on any atom is 0.275 e. The lowest BCUT2D eigenvalue weighted by molar-refractivity contribution is -0.881. The van der Waals surface area contributed by atoms with Gasteiger partial charge in [0.05, 0.1) is 12.6 Å². The minimum atomic E-state index is -0.267. The predicted octanol–water partition coefficient (Wildman–Crippen LogP) is 1.34. The van der Waals surface area contributed by atoms with Crippen molar-refractivity contribution in [2.45, 2.75) is 46.2 Å². The molecule has 24 heavy (non-hydrogen) atoms. The van der Waals surface area contributed by atoms with Crippen LogP contribution in [0.15, 0.2) is 24.3 Å². The van der Waals surface area contributed by atoms with Crippen LogP contribution in [-0.4, -0.2) is 37.0 Å². The summed E-state index contributed by atoms with van der Waals surface area (Å²) < 4.78 is 0. The van der Waals surface area contributed by atoms with Crippen molar-refractivity contribution in [3.63, 3.8) is 0 Å². The third-order valence-electron chi connectivity index (χ3n) is 3.58. The smallest absolute Gasteiger partial charge is 0.275 e. The van der Waals surface area contributed by atoms with E-state index in [1.54, 1.807) is 6.07 Å². The zero-order valence-electron chi connectivity index (χ0n) is 15.2. The topological polar surface area (TPSA) is 62.6 Å². The van der Waals surface area contributed by atoms with E-state index in [0.29, 0.717) is 11.6 Å². The second-order valence-corrected chi connectivity index (χ2v) is 7.47. The number of hydrogen-bond donors (Lipinski definition) is 3. The number of amides is 2. The summed E-state index contributed by atoms with van der Waals surface area (Å²) in [5.41, 5.74) is 0.618. The summed E-state index contributed by atoms with van der Waals surface area (Å²) >= 11 is 6.16. The molecule has 6 heteroatoms. The van der Waals surface area contributed by atoms with E-state index in [4.69, 9.17) is 11.6 Å². The highest BCUT2D eigenvalue weighted by atomic mass is 35.5. The number of hydrogen-bond acceptors (Lipinski definition) is 2. The number of halogens is 1. The zero-order chi connectivity index (χ0) is 18.3. The van der Waals surface area contributed by atoms with Gasteiger partial charge in [0.15, 0.2) is 13.1 Å². The van der Waals surface area contributed by atoms with Crippen LogP contribution in [-0.2, 0) is 9.59 Å². The van der Waals surface area contributed by atoms with Crippen LogP contribution in [0.3, 0.4) is 0 Å². The molecule has 1 aromatic carbocycles. The molecule has 2 amide bonds. The van der Waals surface area contributed by atoms with Gasteiger partial charge in [-0.05, 0) is 46.2 Å². The molecule has 134 valence electrons. The van der Waals surface area contributed by atoms with Gasteiger partial charge >= 0.3 is 0 Å². The molecule has 0 aliphatic heterocycles. The first-order valence-corrected chi connectivity index (χ1v) is 8.68. The van der Waals surface area contributed by atoms with Crippen molar-refractivity contribution in [2.75, 3.05) is 19.6 Å². The molecular weight excluding hydrogens is 326 g/mol. The van der Waals surface area contributed by atoms with Gasteiger partial charge in [0.1, 0.15) is 0 Å². The van der Waals surface area contributed by atoms with Crippen LogP contribution in [0.2, 0.25) is 5.02 Å². The van der Waals surface area contributed by atoms with Crippen LogP contribution in [0.25, 0.3) is 0 Å². The first kappa shape index (κ1) is 20.5. The van der Waals surface area contributed by atoms with Gasteiger partial charge in [-0.2, -0.15) is 0 Å². The molecule has 0 aliphatic carbocycles. The summed E-state index contributed by atoms with van der Waals surface area (Å²) in [6.07, 6.45) is 0. The van der Waals surface area contributed by atoms with Crippen molar-refractivity contribution < 1.29 is 14.5 Å². The lowest BCUT2D eigenvalue weighted by Gasteiger charge is -2.23. The Morgan fingerprint density at radius 1 is 1.17 bits per heavy atom. The lowest BCUT2D eigenvalue weighted by atomic mass is 10.1. The summed E-state index contributed by atoms with van der Waals surface area (Å²) in [5, 5.41) is 6.50. The molecule has 0 aliphatic rings. The van der Waals surface area contributed by atoms with Crippen LogP contribution in [0.4, 0.5) is 0 Å². The second kappa shape index (κ2) is 9.04. The highest BCUT2D eigenvalue weighted by Gasteiger charge is 2.21. The standard InChI is InChI=1S/C18H28ClN3O2/c1-6-22(12-17(24)21-18(3,4)5)11-16(23)20-13(2)14-9-7-8-10-15(14)19/h7-10,13H,6,11-12H2,1-5H3,(H,20,23)(H,21,24)/p+1/t13-/m0/s1. The number of nitrogens with one attached hydrogen (secondary N) is 3. The van der Waals surface area contributed by atoms with Gasteiger partial charge in [0, 0.05) is 10.6 Å². The molecule has 5 nitrogen and oxygen atoms in total. The van der Waals surface area contributed by atoms with Crippen molar-refractivity contribution in [3.05, 3.63) is 34.9 Å². The first-order chi connectivity index (χ1) is 11.1. The normalized spacial score (nSPS) is 13.9. The number of carbonyl (C=O) groups excluding carboxylic acids is 2. The highest BCUT2D eigenvalue weighted by Crippen LogP contribution is 2.21. The molecule has 1 unspecified atom stereocenters. The molecule has 3 N–H and O–H groups in total. The van der Waals surface area contributed by atoms with E-state index in [2.05, 4.69) is 10.6 Å². The molecule has 1 rings (SSSR count). The Bertz CT molecular complexity index is 570. The number of rotatable bonds is 7. The van der Waals surface area contributed by atoms with Gasteiger partial charge in [0.25, 0.3) is 11.8 Å². The van der Waals surface area contributed by atoms with Crippen molar-refractivity contribution in [2.24, 2.45) is 0 Å². The van der Waals surface area contributed by atoms with Crippen LogP contribution < -0.4 is 15.5 Å². The van der Waals surface area contributed by atoms with E-state index in [1.807, 2.05) is 52.8 Å². The Morgan fingerprint density at radius 3 is 2.29 bits per heavy atom. The van der Waals surface area contributed by atoms with E-state index in [-0.39, 0.29) is 36.5 Å². The van der Waals surface area contributed by atoms with Crippen molar-refractivity contribution in [1.29, 1.82) is 0 Å². The zero-order valence-corrected chi connectivity index (χ0v) is 16.0. The van der Waals surface area contributed by atoms with E-state index >= 15 is 0 Å². The van der Waals surface area contributed by atoms with Crippen LogP contribution >= 0.6 is 11.6 Å². The minimum absolute atomic E-state index is 0.0497. The number of likely N-dealkylation sites (N-methyl/N-ethyl adjacent to an activating group) is 1. The minimum Gasteiger partial charge on any atom is -0.347 e. The van der Waals surface area contributed by atoms with Crippen LogP contribution in [0.5, 0.6) is 0 Å². The molecule has 0 bridgehead atoms. The average molecular weight is 355 g/mol. The van der Waals surface area contributed by atoms with Gasteiger partial charge in [-0.1, -0.05) is 29.8 Å². The Morgan fingerprint density at radius 2 is 1.75 bits per heavy atom. The molecule has 0 aromatic heterocycles. The first-order valence-electron chi connectivity index (χ1n) is 8.30. The summed E-state index contributed by atoms with van der Waals surface area (Å²) in [6, 6.07) is 7.28. The van der Waals surface area contributed by atoms with E-state index in [9.17, 15) is 9.59 Å². The van der Waals surface area contributed by atoms with E-state index < -0.39 is 0 Å². The Kier molecular flexibility index (Phi) is 7.70. The van der Waals surface area contributed by atoms with Gasteiger partial charge in [-0.15, -0.1) is 0 Å². The van der Waals surface area contributed by atoms with Gasteiger partial charge < -0.3 is 15.5 Å². The Labute approximate surface area is 149 Å². The lowest BCUT2D eigenvalue weighted by Crippen LogP contribution is -3.14. The van der Waals surface area contributed by atoms with Crippen molar-refractivity contribution in [3.8, 4) is 0 Å². The third-order valence-corrected chi connectivity index (χ3v) is 3.93. The van der Waals surface area contributed by atoms with Crippen LogP contribution in [0.1, 0.15) is 46.2 Å². The number of carbonyl (C=O) groups is 2. The summed E-state index contributed by atoms with van der Waals surface area (Å²) in [6.45, 7) is 10.9. The number of benzene rings is 1. The second-order valence-electron chi connectivity index (χ2n) is 7.07. The molecule has 0 saturated heterocycles. The molecular formula is C18H29ClN3O2+. The molecule has 0 radical (unpaired) electrons. The quantitative estimate of drug-likeness (QED) is 0.692. The Hall–Kier alpha value is -1.59. The van der Waals surface area contributed by atoms with Gasteiger partial charge in [0.2, 0.25) is 0 Å². The van der Waals surface area contributed by atoms with Crippen molar-refractivity contribution >= 4 is 23.4 Å². The van der Waals surface area contributed by atoms with Crippen molar-refractivity contribution in [1.82, 2.24) is 10.6 Å². The maximum absolute atomic E-state index is 12.3. The summed E-state index contributed by atoms with van der Waals surface area (Å²) in [7, 11) is 0. The maximum atomic E-state index is 12.3. The number of quaternary nitrogens is 1. The van der Waals surface area contributed by atoms with E-state index in [0.717, 1.165) is 10.5 Å². The summed E-state index contributed by atoms with van der Waals surface area (Å²) in [5.74, 6) is -0.144. The van der Waals surface area contributed by atoms with E-state index in [1.165, 1.54) is 0 Å². The largest absolute Gasteiger partial charge is 0.347 e. The van der Waals surface area contributed by atoms with Crippen LogP contribution in [0, 0.1) is 0 Å². The molecule has 1 aromatic rings. The predicted molar refractivity (Wildman–Crippen MR) is 97.1 cm³/mol. The molecule has 0 fully saturated rings. The van der Waals surface area contributed by atoms with Gasteiger partial charge in [-0.3, -0.25) is 9.59 Å². The summed E-state index contributed by atoms with van der Waals surface area (Å²) in [4.78, 5) is 25.2. The fourth-order valence-electron chi connectivity index (χ4n) is 2.43. The molecule has 0 heterocycles. The SMILES string of the molecule is CC[NH+](CC(=O)N[C@@H](C)c1ccccc1Cl)CC(=O)NC(C)(C)C. The fraction of sp³-hybridized carbons (Fsp3) is 0.556. The van der Waals surface area contributed by atoms with Gasteiger partial charge in [-0.25, -0.2) is 0 Å². The monoisotopic (exact) mass is 354 g/mol. The molecule has 2 atom stereocenters. The highest BCUT2D eigenvalue weighted by molar-refractivity contribution is 6.31.